The molecular weight excluding hydrogens is 350 g/mol. The second-order valence-electron chi connectivity index (χ2n) is 6.60. The Kier molecular flexibility index (Phi) is 6.40. The van der Waals surface area contributed by atoms with Crippen molar-refractivity contribution in [2.75, 3.05) is 5.32 Å². The van der Waals surface area contributed by atoms with Gasteiger partial charge >= 0.3 is 0 Å². The third-order valence-corrected chi connectivity index (χ3v) is 4.75. The molecule has 2 amide bonds. The van der Waals surface area contributed by atoms with Crippen LogP contribution in [0.3, 0.4) is 0 Å². The van der Waals surface area contributed by atoms with Crippen molar-refractivity contribution < 1.29 is 9.59 Å². The molecule has 3 rings (SSSR count). The van der Waals surface area contributed by atoms with Crippen molar-refractivity contribution in [3.63, 3.8) is 0 Å². The van der Waals surface area contributed by atoms with Crippen LogP contribution in [0.4, 0.5) is 5.69 Å². The van der Waals surface area contributed by atoms with E-state index in [0.717, 1.165) is 22.4 Å². The first-order valence-electron chi connectivity index (χ1n) is 8.49. The number of hydrogen-bond acceptors (Lipinski definition) is 3. The third-order valence-electron chi connectivity index (χ3n) is 4.75. The summed E-state index contributed by atoms with van der Waals surface area (Å²) in [4.78, 5) is 24.0. The molecule has 2 aromatic carbocycles. The molecule has 0 aromatic heterocycles. The van der Waals surface area contributed by atoms with Gasteiger partial charge in [0, 0.05) is 11.7 Å². The molecule has 26 heavy (non-hydrogen) atoms. The van der Waals surface area contributed by atoms with Gasteiger partial charge in [0.2, 0.25) is 11.8 Å². The van der Waals surface area contributed by atoms with Crippen molar-refractivity contribution in [2.45, 2.75) is 32.4 Å². The number of carbonyl (C=O) groups excluding carboxylic acids is 2. The molecule has 2 aromatic rings. The number of fused-ring (bicyclic) bond motifs is 1. The lowest BCUT2D eigenvalue weighted by Gasteiger charge is -2.23. The van der Waals surface area contributed by atoms with Gasteiger partial charge in [-0.1, -0.05) is 49.4 Å². The van der Waals surface area contributed by atoms with E-state index >= 15 is 0 Å². The van der Waals surface area contributed by atoms with E-state index < -0.39 is 0 Å². The number of amides is 2. The molecule has 1 aliphatic rings. The fraction of sp³-hybridized carbons (Fsp3) is 0.300. The highest BCUT2D eigenvalue weighted by Gasteiger charge is 2.24. The number of carbonyl (C=O) groups is 2. The number of nitrogens with one attached hydrogen (secondary N) is 2. The third kappa shape index (κ3) is 4.23. The fourth-order valence-corrected chi connectivity index (χ4v) is 3.07. The molecule has 0 radical (unpaired) electrons. The molecule has 0 spiro atoms. The van der Waals surface area contributed by atoms with Gasteiger partial charge in [0.15, 0.2) is 0 Å². The molecule has 3 atom stereocenters. The van der Waals surface area contributed by atoms with Crippen LogP contribution in [0.1, 0.15) is 42.6 Å². The van der Waals surface area contributed by atoms with Crippen LogP contribution in [-0.4, -0.2) is 11.8 Å². The molecule has 6 heteroatoms. The maximum absolute atomic E-state index is 12.6. The van der Waals surface area contributed by atoms with Crippen molar-refractivity contribution in [2.24, 2.45) is 11.7 Å². The molecule has 4 N–H and O–H groups in total. The van der Waals surface area contributed by atoms with E-state index in [1.807, 2.05) is 62.4 Å². The Labute approximate surface area is 159 Å². The quantitative estimate of drug-likeness (QED) is 0.752. The van der Waals surface area contributed by atoms with E-state index in [2.05, 4.69) is 10.6 Å². The first-order chi connectivity index (χ1) is 12.0. The highest BCUT2D eigenvalue weighted by atomic mass is 35.5. The molecule has 1 aliphatic heterocycles. The van der Waals surface area contributed by atoms with Crippen LogP contribution in [0.15, 0.2) is 48.5 Å². The number of anilines is 1. The van der Waals surface area contributed by atoms with Crippen LogP contribution in [0, 0.1) is 5.92 Å². The summed E-state index contributed by atoms with van der Waals surface area (Å²) in [6.07, 6.45) is 0.388. The predicted octanol–water partition coefficient (Wildman–Crippen LogP) is 3.12. The summed E-state index contributed by atoms with van der Waals surface area (Å²) < 4.78 is 0. The van der Waals surface area contributed by atoms with Crippen molar-refractivity contribution in [1.29, 1.82) is 0 Å². The SMILES string of the molecule is CC(NC(=O)C(C)C(N)c1ccccc1)c1ccc2c(c1)CC(=O)N2.Cl. The van der Waals surface area contributed by atoms with E-state index in [4.69, 9.17) is 5.73 Å². The summed E-state index contributed by atoms with van der Waals surface area (Å²) in [5.74, 6) is -0.424. The highest BCUT2D eigenvalue weighted by molar-refractivity contribution is 5.99. The van der Waals surface area contributed by atoms with Gasteiger partial charge in [-0.3, -0.25) is 9.59 Å². The largest absolute Gasteiger partial charge is 0.349 e. The lowest BCUT2D eigenvalue weighted by atomic mass is 9.94. The predicted molar refractivity (Wildman–Crippen MR) is 105 cm³/mol. The van der Waals surface area contributed by atoms with Crippen LogP contribution in [0.2, 0.25) is 0 Å². The van der Waals surface area contributed by atoms with Gasteiger partial charge < -0.3 is 16.4 Å². The minimum atomic E-state index is -0.352. The summed E-state index contributed by atoms with van der Waals surface area (Å²) in [6.45, 7) is 3.77. The van der Waals surface area contributed by atoms with Crippen molar-refractivity contribution >= 4 is 29.9 Å². The minimum Gasteiger partial charge on any atom is -0.349 e. The second-order valence-corrected chi connectivity index (χ2v) is 6.60. The minimum absolute atomic E-state index is 0. The van der Waals surface area contributed by atoms with Crippen molar-refractivity contribution in [1.82, 2.24) is 5.32 Å². The Morgan fingerprint density at radius 2 is 1.81 bits per heavy atom. The molecule has 0 bridgehead atoms. The monoisotopic (exact) mass is 373 g/mol. The normalized spacial score (nSPS) is 15.9. The van der Waals surface area contributed by atoms with E-state index in [1.54, 1.807) is 0 Å². The van der Waals surface area contributed by atoms with E-state index in [1.165, 1.54) is 0 Å². The summed E-state index contributed by atoms with van der Waals surface area (Å²) in [6, 6.07) is 14.9. The van der Waals surface area contributed by atoms with Gasteiger partial charge in [-0.25, -0.2) is 0 Å². The van der Waals surface area contributed by atoms with Crippen molar-refractivity contribution in [3.8, 4) is 0 Å². The molecule has 5 nitrogen and oxygen atoms in total. The smallest absolute Gasteiger partial charge is 0.228 e. The van der Waals surface area contributed by atoms with Gasteiger partial charge in [-0.2, -0.15) is 0 Å². The van der Waals surface area contributed by atoms with Crippen molar-refractivity contribution in [3.05, 3.63) is 65.2 Å². The van der Waals surface area contributed by atoms with Crippen LogP contribution in [-0.2, 0) is 16.0 Å². The lowest BCUT2D eigenvalue weighted by Crippen LogP contribution is -2.36. The second kappa shape index (κ2) is 8.34. The fourth-order valence-electron chi connectivity index (χ4n) is 3.07. The van der Waals surface area contributed by atoms with Gasteiger partial charge in [-0.05, 0) is 29.7 Å². The summed E-state index contributed by atoms with van der Waals surface area (Å²) >= 11 is 0. The van der Waals surface area contributed by atoms with Gasteiger partial charge in [0.25, 0.3) is 0 Å². The maximum Gasteiger partial charge on any atom is 0.228 e. The number of hydrogen-bond donors (Lipinski definition) is 3. The van der Waals surface area contributed by atoms with Crippen LogP contribution in [0.25, 0.3) is 0 Å². The van der Waals surface area contributed by atoms with Crippen LogP contribution < -0.4 is 16.4 Å². The van der Waals surface area contributed by atoms with Gasteiger partial charge in [0.05, 0.1) is 18.4 Å². The zero-order valence-electron chi connectivity index (χ0n) is 14.9. The summed E-state index contributed by atoms with van der Waals surface area (Å²) in [7, 11) is 0. The molecule has 3 unspecified atom stereocenters. The topological polar surface area (TPSA) is 84.2 Å². The number of rotatable bonds is 5. The Bertz CT molecular complexity index is 795. The zero-order valence-corrected chi connectivity index (χ0v) is 15.7. The first kappa shape index (κ1) is 19.9. The van der Waals surface area contributed by atoms with Crippen LogP contribution >= 0.6 is 12.4 Å². The Hall–Kier alpha value is -2.37. The first-order valence-corrected chi connectivity index (χ1v) is 8.49. The number of halogens is 1. The van der Waals surface area contributed by atoms with E-state index in [0.29, 0.717) is 6.42 Å². The average molecular weight is 374 g/mol. The highest BCUT2D eigenvalue weighted by Crippen LogP contribution is 2.27. The van der Waals surface area contributed by atoms with Crippen LogP contribution in [0.5, 0.6) is 0 Å². The average Bonchev–Trinajstić information content (AvgIpc) is 3.00. The van der Waals surface area contributed by atoms with E-state index in [9.17, 15) is 9.59 Å². The molecule has 1 heterocycles. The zero-order chi connectivity index (χ0) is 18.0. The number of nitrogens with two attached hydrogens (primary N) is 1. The Morgan fingerprint density at radius 3 is 2.50 bits per heavy atom. The molecule has 0 aliphatic carbocycles. The van der Waals surface area contributed by atoms with Gasteiger partial charge in [0.1, 0.15) is 0 Å². The molecule has 0 saturated heterocycles. The lowest BCUT2D eigenvalue weighted by molar-refractivity contribution is -0.125. The molecule has 0 fully saturated rings. The Morgan fingerprint density at radius 1 is 1.12 bits per heavy atom. The summed E-state index contributed by atoms with van der Waals surface area (Å²) in [5.41, 5.74) is 9.98. The Balaban J connectivity index is 0.00000243. The number of benzene rings is 2. The molecular formula is C20H24ClN3O2. The maximum atomic E-state index is 12.6. The van der Waals surface area contributed by atoms with Gasteiger partial charge in [-0.15, -0.1) is 12.4 Å². The summed E-state index contributed by atoms with van der Waals surface area (Å²) in [5, 5.41) is 5.84. The molecule has 0 saturated carbocycles. The standard InChI is InChI=1S/C20H23N3O2.ClH/c1-12(19(21)14-6-4-3-5-7-14)20(25)22-13(2)15-8-9-17-16(10-15)11-18(24)23-17;/h3-10,12-13,19H,11,21H2,1-2H3,(H,22,25)(H,23,24);1H. The van der Waals surface area contributed by atoms with E-state index in [-0.39, 0.29) is 42.2 Å². The molecule has 138 valence electrons.